The number of hydrogen-bond donors (Lipinski definition) is 2. The third kappa shape index (κ3) is 3.09. The fourth-order valence-corrected chi connectivity index (χ4v) is 2.39. The molecule has 0 unspecified atom stereocenters. The molecule has 0 bridgehead atoms. The van der Waals surface area contributed by atoms with Crippen molar-refractivity contribution in [2.45, 2.75) is 32.7 Å². The summed E-state index contributed by atoms with van der Waals surface area (Å²) in [6, 6.07) is 3.57. The van der Waals surface area contributed by atoms with Gasteiger partial charge < -0.3 is 19.8 Å². The number of nitrogens with zero attached hydrogens (tertiary/aromatic N) is 4. The van der Waals surface area contributed by atoms with Crippen LogP contribution in [-0.4, -0.2) is 31.2 Å². The Hall–Kier alpha value is -2.85. The van der Waals surface area contributed by atoms with Gasteiger partial charge in [0, 0.05) is 13.0 Å². The summed E-state index contributed by atoms with van der Waals surface area (Å²) in [5, 5.41) is 9.38. The molecule has 7 heteroatoms. The summed E-state index contributed by atoms with van der Waals surface area (Å²) in [6.07, 6.45) is 4.49. The molecule has 0 aliphatic carbocycles. The fourth-order valence-electron chi connectivity index (χ4n) is 2.39. The van der Waals surface area contributed by atoms with Crippen LogP contribution in [0.1, 0.15) is 32.0 Å². The molecule has 0 spiro atoms. The van der Waals surface area contributed by atoms with Crippen LogP contribution in [0.4, 0.5) is 5.82 Å². The van der Waals surface area contributed by atoms with Gasteiger partial charge >= 0.3 is 0 Å². The van der Waals surface area contributed by atoms with E-state index in [0.717, 1.165) is 19.3 Å². The van der Waals surface area contributed by atoms with Crippen molar-refractivity contribution in [2.24, 2.45) is 0 Å². The number of hydrogen-bond acceptors (Lipinski definition) is 6. The van der Waals surface area contributed by atoms with Crippen LogP contribution in [0, 0.1) is 11.8 Å². The molecule has 3 rings (SSSR count). The van der Waals surface area contributed by atoms with E-state index in [9.17, 15) is 5.11 Å². The van der Waals surface area contributed by atoms with E-state index in [2.05, 4.69) is 33.7 Å². The number of fused-ring (bicyclic) bond motifs is 1. The van der Waals surface area contributed by atoms with E-state index in [1.54, 1.807) is 23.0 Å². The number of unbranched alkanes of at least 4 members (excludes halogenated alkanes) is 2. The smallest absolute Gasteiger partial charge is 0.208 e. The maximum Gasteiger partial charge on any atom is 0.208 e. The van der Waals surface area contributed by atoms with Gasteiger partial charge in [0.15, 0.2) is 28.6 Å². The summed E-state index contributed by atoms with van der Waals surface area (Å²) in [7, 11) is 0. The molecule has 0 aromatic carbocycles. The number of nitrogens with two attached hydrogens (primary N) is 1. The molecule has 24 heavy (non-hydrogen) atoms. The van der Waals surface area contributed by atoms with Crippen molar-refractivity contribution in [1.82, 2.24) is 19.5 Å². The Morgan fingerprint density at radius 2 is 2.21 bits per heavy atom. The third-order valence-corrected chi connectivity index (χ3v) is 3.54. The van der Waals surface area contributed by atoms with Crippen LogP contribution in [-0.2, 0) is 6.54 Å². The Balaban J connectivity index is 2.10. The first-order valence-corrected chi connectivity index (χ1v) is 7.92. The average molecular weight is 325 g/mol. The van der Waals surface area contributed by atoms with Gasteiger partial charge in [0.05, 0.1) is 12.9 Å². The van der Waals surface area contributed by atoms with E-state index in [-0.39, 0.29) is 12.4 Å². The zero-order valence-electron chi connectivity index (χ0n) is 13.5. The highest BCUT2D eigenvalue weighted by Gasteiger charge is 2.18. The van der Waals surface area contributed by atoms with Gasteiger partial charge in [-0.15, -0.1) is 0 Å². The quantitative estimate of drug-likeness (QED) is 0.550. The number of anilines is 1. The lowest BCUT2D eigenvalue weighted by Gasteiger charge is -2.04. The van der Waals surface area contributed by atoms with Crippen LogP contribution in [0.2, 0.25) is 0 Å². The molecule has 0 amide bonds. The molecule has 3 N–H and O–H groups in total. The predicted octanol–water partition coefficient (Wildman–Crippen LogP) is 2.20. The Bertz CT molecular complexity index is 887. The van der Waals surface area contributed by atoms with Crippen molar-refractivity contribution < 1.29 is 9.52 Å². The normalized spacial score (nSPS) is 10.8. The second-order valence-electron chi connectivity index (χ2n) is 5.30. The Morgan fingerprint density at radius 3 is 2.92 bits per heavy atom. The number of aromatic nitrogens is 4. The van der Waals surface area contributed by atoms with E-state index >= 15 is 0 Å². The van der Waals surface area contributed by atoms with Gasteiger partial charge in [-0.1, -0.05) is 19.3 Å². The number of furan rings is 1. The van der Waals surface area contributed by atoms with Crippen LogP contribution in [0.3, 0.4) is 0 Å². The zero-order valence-corrected chi connectivity index (χ0v) is 13.5. The number of rotatable bonds is 5. The van der Waals surface area contributed by atoms with Crippen molar-refractivity contribution in [2.75, 3.05) is 12.3 Å². The lowest BCUT2D eigenvalue weighted by atomic mass is 10.2. The van der Waals surface area contributed by atoms with Crippen molar-refractivity contribution in [3.8, 4) is 23.4 Å². The van der Waals surface area contributed by atoms with Crippen LogP contribution in [0.15, 0.2) is 22.8 Å². The molecular formula is C17H19N5O2. The molecule has 0 atom stereocenters. The molecule has 0 saturated carbocycles. The molecule has 0 aliphatic rings. The van der Waals surface area contributed by atoms with Gasteiger partial charge in [-0.2, -0.15) is 0 Å². The van der Waals surface area contributed by atoms with Crippen LogP contribution >= 0.6 is 0 Å². The first-order chi connectivity index (χ1) is 11.7. The molecule has 7 nitrogen and oxygen atoms in total. The molecule has 124 valence electrons. The summed E-state index contributed by atoms with van der Waals surface area (Å²) in [5.41, 5.74) is 7.06. The fraction of sp³-hybridized carbons (Fsp3) is 0.353. The van der Waals surface area contributed by atoms with Gasteiger partial charge in [0.2, 0.25) is 5.82 Å². The summed E-state index contributed by atoms with van der Waals surface area (Å²) in [6.45, 7) is 2.39. The van der Waals surface area contributed by atoms with E-state index in [1.165, 1.54) is 0 Å². The number of imidazole rings is 1. The minimum absolute atomic E-state index is 0.0550. The Morgan fingerprint density at radius 1 is 1.33 bits per heavy atom. The highest BCUT2D eigenvalue weighted by Crippen LogP contribution is 2.26. The second-order valence-corrected chi connectivity index (χ2v) is 5.30. The SMILES string of the molecule is CCCCC#Cc1nc(N)c2nc(-c3ccco3)n(CCO)c2n1. The minimum atomic E-state index is -0.0550. The lowest BCUT2D eigenvalue weighted by Crippen LogP contribution is -2.06. The first-order valence-electron chi connectivity index (χ1n) is 7.92. The summed E-state index contributed by atoms with van der Waals surface area (Å²) in [4.78, 5) is 13.2. The molecule has 0 saturated heterocycles. The third-order valence-electron chi connectivity index (χ3n) is 3.54. The number of aliphatic hydroxyl groups excluding tert-OH is 1. The molecule has 0 aliphatic heterocycles. The average Bonchev–Trinajstić information content (AvgIpc) is 3.21. The van der Waals surface area contributed by atoms with Crippen LogP contribution < -0.4 is 5.73 Å². The monoisotopic (exact) mass is 325 g/mol. The lowest BCUT2D eigenvalue weighted by molar-refractivity contribution is 0.278. The predicted molar refractivity (Wildman–Crippen MR) is 90.9 cm³/mol. The van der Waals surface area contributed by atoms with Gasteiger partial charge in [-0.05, 0) is 24.5 Å². The van der Waals surface area contributed by atoms with E-state index in [1.807, 2.05) is 0 Å². The molecule has 3 aromatic rings. The van der Waals surface area contributed by atoms with Crippen molar-refractivity contribution >= 4 is 17.0 Å². The minimum Gasteiger partial charge on any atom is -0.461 e. The standard InChI is InChI=1S/C17H19N5O2/c1-2-3-4-5-8-13-19-15(18)14-17(20-13)22(9-10-23)16(21-14)12-7-6-11-24-12/h6-7,11,23H,2-4,9-10H2,1H3,(H2,18,19,20). The highest BCUT2D eigenvalue weighted by molar-refractivity contribution is 5.85. The van der Waals surface area contributed by atoms with Crippen molar-refractivity contribution in [3.05, 3.63) is 24.2 Å². The maximum absolute atomic E-state index is 9.38. The summed E-state index contributed by atoms with van der Waals surface area (Å²) in [5.74, 6) is 7.77. The largest absolute Gasteiger partial charge is 0.461 e. The molecule has 0 fully saturated rings. The van der Waals surface area contributed by atoms with E-state index in [0.29, 0.717) is 35.1 Å². The highest BCUT2D eigenvalue weighted by atomic mass is 16.3. The van der Waals surface area contributed by atoms with Gasteiger partial charge in [-0.25, -0.2) is 15.0 Å². The Labute approximate surface area is 139 Å². The van der Waals surface area contributed by atoms with Crippen molar-refractivity contribution in [1.29, 1.82) is 0 Å². The second kappa shape index (κ2) is 7.15. The topological polar surface area (TPSA) is 103 Å². The molecular weight excluding hydrogens is 306 g/mol. The number of nitrogen functional groups attached to an aromatic ring is 1. The van der Waals surface area contributed by atoms with E-state index in [4.69, 9.17) is 10.2 Å². The van der Waals surface area contributed by atoms with Gasteiger partial charge in [-0.3, -0.25) is 0 Å². The Kier molecular flexibility index (Phi) is 4.77. The molecule has 3 aromatic heterocycles. The van der Waals surface area contributed by atoms with Crippen LogP contribution in [0.5, 0.6) is 0 Å². The van der Waals surface area contributed by atoms with Crippen LogP contribution in [0.25, 0.3) is 22.7 Å². The van der Waals surface area contributed by atoms with Gasteiger partial charge in [0.1, 0.15) is 0 Å². The van der Waals surface area contributed by atoms with E-state index < -0.39 is 0 Å². The summed E-state index contributed by atoms with van der Waals surface area (Å²) < 4.78 is 7.18. The first kappa shape index (κ1) is 16.0. The molecule has 0 radical (unpaired) electrons. The molecule has 3 heterocycles. The number of aliphatic hydroxyl groups is 1. The zero-order chi connectivity index (χ0) is 16.9. The maximum atomic E-state index is 9.38. The van der Waals surface area contributed by atoms with Gasteiger partial charge in [0.25, 0.3) is 0 Å². The van der Waals surface area contributed by atoms with Crippen molar-refractivity contribution in [3.63, 3.8) is 0 Å². The summed E-state index contributed by atoms with van der Waals surface area (Å²) >= 11 is 0.